The molecule has 0 saturated heterocycles. The number of benzene rings is 1. The van der Waals surface area contributed by atoms with E-state index in [1.165, 1.54) is 36.8 Å². The minimum absolute atomic E-state index is 0.290. The van der Waals surface area contributed by atoms with Gasteiger partial charge in [0, 0.05) is 18.4 Å². The summed E-state index contributed by atoms with van der Waals surface area (Å²) in [5.74, 6) is 1.87. The average Bonchev–Trinajstić information content (AvgIpc) is 3.17. The zero-order chi connectivity index (χ0) is 14.1. The van der Waals surface area contributed by atoms with Gasteiger partial charge in [0.05, 0.1) is 6.04 Å². The lowest BCUT2D eigenvalue weighted by molar-refractivity contribution is 0.334. The molecule has 2 heteroatoms. The maximum atomic E-state index is 4.16. The molecule has 2 fully saturated rings. The van der Waals surface area contributed by atoms with Gasteiger partial charge in [0.15, 0.2) is 0 Å². The van der Waals surface area contributed by atoms with E-state index >= 15 is 0 Å². The van der Waals surface area contributed by atoms with E-state index in [1.807, 2.05) is 12.4 Å². The number of pyridine rings is 1. The zero-order valence-corrected chi connectivity index (χ0v) is 12.3. The van der Waals surface area contributed by atoms with Crippen LogP contribution in [0.3, 0.4) is 0 Å². The average molecular weight is 278 g/mol. The number of aromatic nitrogens is 1. The number of fused-ring (bicyclic) bond motifs is 2. The van der Waals surface area contributed by atoms with Crippen LogP contribution in [0.2, 0.25) is 0 Å². The third-order valence-electron chi connectivity index (χ3n) is 5.29. The number of hydrogen-bond acceptors (Lipinski definition) is 2. The summed E-state index contributed by atoms with van der Waals surface area (Å²) in [5, 5.41) is 3.95. The Bertz CT molecular complexity index is 542. The molecule has 0 radical (unpaired) electrons. The Labute approximate surface area is 126 Å². The van der Waals surface area contributed by atoms with Crippen LogP contribution >= 0.6 is 0 Å². The predicted octanol–water partition coefficient (Wildman–Crippen LogP) is 3.95. The van der Waals surface area contributed by atoms with Crippen molar-refractivity contribution in [1.82, 2.24) is 10.3 Å². The molecule has 0 amide bonds. The first-order valence-corrected chi connectivity index (χ1v) is 8.11. The molecule has 1 N–H and O–H groups in total. The van der Waals surface area contributed by atoms with Crippen molar-refractivity contribution in [3.05, 3.63) is 66.0 Å². The summed E-state index contributed by atoms with van der Waals surface area (Å²) >= 11 is 0. The van der Waals surface area contributed by atoms with Gasteiger partial charge < -0.3 is 5.32 Å². The Morgan fingerprint density at radius 1 is 0.905 bits per heavy atom. The highest BCUT2D eigenvalue weighted by molar-refractivity contribution is 5.30. The number of rotatable bonds is 4. The standard InChI is InChI=1S/C19H22N2/c1-2-4-15(5-3-1)19(16-8-10-20-11-9-16)21-18-13-14-6-7-17(18)12-14/h1-5,8-11,14,17-19,21H,6-7,12-13H2. The summed E-state index contributed by atoms with van der Waals surface area (Å²) in [6, 6.07) is 16.1. The first-order valence-electron chi connectivity index (χ1n) is 8.11. The molecule has 2 saturated carbocycles. The third kappa shape index (κ3) is 2.60. The van der Waals surface area contributed by atoms with E-state index in [0.29, 0.717) is 12.1 Å². The van der Waals surface area contributed by atoms with Crippen molar-refractivity contribution in [3.8, 4) is 0 Å². The van der Waals surface area contributed by atoms with Crippen LogP contribution in [-0.2, 0) is 0 Å². The third-order valence-corrected chi connectivity index (χ3v) is 5.29. The minimum Gasteiger partial charge on any atom is -0.303 e. The molecule has 2 nitrogen and oxygen atoms in total. The van der Waals surface area contributed by atoms with Gasteiger partial charge in [-0.25, -0.2) is 0 Å². The smallest absolute Gasteiger partial charge is 0.0580 e. The van der Waals surface area contributed by atoms with Crippen molar-refractivity contribution in [2.24, 2.45) is 11.8 Å². The molecule has 2 aliphatic rings. The highest BCUT2D eigenvalue weighted by atomic mass is 15.0. The summed E-state index contributed by atoms with van der Waals surface area (Å²) in [5.41, 5.74) is 2.67. The van der Waals surface area contributed by atoms with Gasteiger partial charge in [0.1, 0.15) is 0 Å². The molecule has 21 heavy (non-hydrogen) atoms. The molecular weight excluding hydrogens is 256 g/mol. The molecule has 2 aromatic rings. The molecule has 108 valence electrons. The molecule has 0 spiro atoms. The van der Waals surface area contributed by atoms with Gasteiger partial charge >= 0.3 is 0 Å². The molecule has 0 aliphatic heterocycles. The van der Waals surface area contributed by atoms with Gasteiger partial charge in [-0.05, 0) is 54.4 Å². The Kier molecular flexibility index (Phi) is 3.48. The molecule has 4 unspecified atom stereocenters. The van der Waals surface area contributed by atoms with Crippen LogP contribution in [0.4, 0.5) is 0 Å². The monoisotopic (exact) mass is 278 g/mol. The molecule has 4 atom stereocenters. The van der Waals surface area contributed by atoms with Gasteiger partial charge in [-0.15, -0.1) is 0 Å². The lowest BCUT2D eigenvalue weighted by Gasteiger charge is -2.29. The summed E-state index contributed by atoms with van der Waals surface area (Å²) in [6.45, 7) is 0. The van der Waals surface area contributed by atoms with Crippen molar-refractivity contribution < 1.29 is 0 Å². The maximum absolute atomic E-state index is 4.16. The zero-order valence-electron chi connectivity index (χ0n) is 12.3. The summed E-state index contributed by atoms with van der Waals surface area (Å²) < 4.78 is 0. The lowest BCUT2D eigenvalue weighted by atomic mass is 9.92. The number of nitrogens with one attached hydrogen (secondary N) is 1. The quantitative estimate of drug-likeness (QED) is 0.916. The first kappa shape index (κ1) is 13.0. The normalized spacial score (nSPS) is 28.7. The van der Waals surface area contributed by atoms with Crippen molar-refractivity contribution >= 4 is 0 Å². The highest BCUT2D eigenvalue weighted by Crippen LogP contribution is 2.45. The van der Waals surface area contributed by atoms with Crippen molar-refractivity contribution in [3.63, 3.8) is 0 Å². The molecule has 2 bridgehead atoms. The van der Waals surface area contributed by atoms with Gasteiger partial charge in [-0.2, -0.15) is 0 Å². The Balaban J connectivity index is 1.61. The van der Waals surface area contributed by atoms with Crippen LogP contribution < -0.4 is 5.32 Å². The SMILES string of the molecule is c1ccc(C(NC2CC3CCC2C3)c2ccncc2)cc1. The highest BCUT2D eigenvalue weighted by Gasteiger charge is 2.40. The van der Waals surface area contributed by atoms with Crippen LogP contribution in [-0.4, -0.2) is 11.0 Å². The van der Waals surface area contributed by atoms with Gasteiger partial charge in [0.2, 0.25) is 0 Å². The van der Waals surface area contributed by atoms with Gasteiger partial charge in [-0.3, -0.25) is 4.98 Å². The van der Waals surface area contributed by atoms with E-state index in [2.05, 4.69) is 52.8 Å². The fourth-order valence-corrected chi connectivity index (χ4v) is 4.25. The van der Waals surface area contributed by atoms with Crippen LogP contribution in [0.1, 0.15) is 42.9 Å². The predicted molar refractivity (Wildman–Crippen MR) is 84.9 cm³/mol. The molecule has 1 aromatic carbocycles. The molecule has 1 heterocycles. The van der Waals surface area contributed by atoms with E-state index < -0.39 is 0 Å². The largest absolute Gasteiger partial charge is 0.303 e. The fraction of sp³-hybridized carbons (Fsp3) is 0.421. The summed E-state index contributed by atoms with van der Waals surface area (Å²) in [4.78, 5) is 4.16. The lowest BCUT2D eigenvalue weighted by Crippen LogP contribution is -2.37. The molecular formula is C19H22N2. The van der Waals surface area contributed by atoms with E-state index in [4.69, 9.17) is 0 Å². The van der Waals surface area contributed by atoms with Gasteiger partial charge in [-0.1, -0.05) is 36.8 Å². The Morgan fingerprint density at radius 2 is 1.67 bits per heavy atom. The van der Waals surface area contributed by atoms with Crippen molar-refractivity contribution in [2.45, 2.75) is 37.8 Å². The van der Waals surface area contributed by atoms with Crippen LogP contribution in [0.15, 0.2) is 54.9 Å². The second kappa shape index (κ2) is 5.61. The van der Waals surface area contributed by atoms with Crippen molar-refractivity contribution in [1.29, 1.82) is 0 Å². The molecule has 2 aliphatic carbocycles. The second-order valence-electron chi connectivity index (χ2n) is 6.57. The van der Waals surface area contributed by atoms with E-state index in [1.54, 1.807) is 0 Å². The number of nitrogens with zero attached hydrogens (tertiary/aromatic N) is 1. The van der Waals surface area contributed by atoms with E-state index in [-0.39, 0.29) is 0 Å². The first-order chi connectivity index (χ1) is 10.4. The van der Waals surface area contributed by atoms with Crippen LogP contribution in [0, 0.1) is 11.8 Å². The summed E-state index contributed by atoms with van der Waals surface area (Å²) in [7, 11) is 0. The topological polar surface area (TPSA) is 24.9 Å². The van der Waals surface area contributed by atoms with E-state index in [0.717, 1.165) is 11.8 Å². The second-order valence-corrected chi connectivity index (χ2v) is 6.57. The fourth-order valence-electron chi connectivity index (χ4n) is 4.25. The molecule has 1 aromatic heterocycles. The van der Waals surface area contributed by atoms with Crippen molar-refractivity contribution in [2.75, 3.05) is 0 Å². The number of hydrogen-bond donors (Lipinski definition) is 1. The Hall–Kier alpha value is -1.67. The van der Waals surface area contributed by atoms with Gasteiger partial charge in [0.25, 0.3) is 0 Å². The maximum Gasteiger partial charge on any atom is 0.0580 e. The van der Waals surface area contributed by atoms with E-state index in [9.17, 15) is 0 Å². The van der Waals surface area contributed by atoms with Crippen LogP contribution in [0.5, 0.6) is 0 Å². The van der Waals surface area contributed by atoms with Crippen LogP contribution in [0.25, 0.3) is 0 Å². The summed E-state index contributed by atoms with van der Waals surface area (Å²) in [6.07, 6.45) is 9.46. The molecule has 4 rings (SSSR count). The minimum atomic E-state index is 0.290. The Morgan fingerprint density at radius 3 is 2.33 bits per heavy atom.